The molecule has 17 heavy (non-hydrogen) atoms. The van der Waals surface area contributed by atoms with Crippen LogP contribution in [0.25, 0.3) is 0 Å². The summed E-state index contributed by atoms with van der Waals surface area (Å²) < 4.78 is 0. The minimum absolute atomic E-state index is 0.0864. The lowest BCUT2D eigenvalue weighted by atomic mass is 9.83. The molecule has 0 aromatic rings. The Hall–Kier alpha value is -0.570. The van der Waals surface area contributed by atoms with Crippen molar-refractivity contribution in [2.75, 3.05) is 13.6 Å². The maximum absolute atomic E-state index is 12.1. The van der Waals surface area contributed by atoms with Crippen molar-refractivity contribution in [2.24, 2.45) is 5.92 Å². The Morgan fingerprint density at radius 1 is 1.24 bits per heavy atom. The molecule has 0 aromatic carbocycles. The van der Waals surface area contributed by atoms with Crippen molar-refractivity contribution in [3.63, 3.8) is 0 Å². The molecule has 1 saturated carbocycles. The molecule has 0 bridgehead atoms. The molecule has 1 unspecified atom stereocenters. The van der Waals surface area contributed by atoms with Gasteiger partial charge in [0.25, 0.3) is 0 Å². The SMILES string of the molecule is CCCC1CCC(N2CCC(NC)C2=O)CC1. The summed E-state index contributed by atoms with van der Waals surface area (Å²) >= 11 is 0. The molecule has 1 atom stereocenters. The molecule has 1 aliphatic carbocycles. The molecule has 3 heteroatoms. The fourth-order valence-corrected chi connectivity index (χ4v) is 3.49. The van der Waals surface area contributed by atoms with Gasteiger partial charge in [-0.05, 0) is 45.1 Å². The number of carbonyl (C=O) groups excluding carboxylic acids is 1. The number of nitrogens with one attached hydrogen (secondary N) is 1. The highest BCUT2D eigenvalue weighted by Crippen LogP contribution is 2.32. The summed E-state index contributed by atoms with van der Waals surface area (Å²) in [6, 6.07) is 0.623. The van der Waals surface area contributed by atoms with Crippen LogP contribution in [0, 0.1) is 5.92 Å². The number of hydrogen-bond acceptors (Lipinski definition) is 2. The van der Waals surface area contributed by atoms with Gasteiger partial charge in [0.1, 0.15) is 0 Å². The summed E-state index contributed by atoms with van der Waals surface area (Å²) in [5.41, 5.74) is 0. The van der Waals surface area contributed by atoms with Crippen molar-refractivity contribution in [1.82, 2.24) is 10.2 Å². The Morgan fingerprint density at radius 3 is 2.47 bits per heavy atom. The second-order valence-corrected chi connectivity index (χ2v) is 5.62. The van der Waals surface area contributed by atoms with Crippen LogP contribution in [0.15, 0.2) is 0 Å². The van der Waals surface area contributed by atoms with Crippen LogP contribution in [-0.4, -0.2) is 36.5 Å². The van der Waals surface area contributed by atoms with Crippen LogP contribution in [-0.2, 0) is 4.79 Å². The molecular weight excluding hydrogens is 212 g/mol. The first kappa shape index (κ1) is 12.9. The van der Waals surface area contributed by atoms with Gasteiger partial charge in [-0.3, -0.25) is 4.79 Å². The van der Waals surface area contributed by atoms with Gasteiger partial charge in [-0.15, -0.1) is 0 Å². The molecule has 1 N–H and O–H groups in total. The topological polar surface area (TPSA) is 32.3 Å². The molecule has 1 amide bonds. The number of amides is 1. The zero-order chi connectivity index (χ0) is 12.3. The number of rotatable bonds is 4. The van der Waals surface area contributed by atoms with Gasteiger partial charge in [-0.1, -0.05) is 19.8 Å². The number of carbonyl (C=O) groups is 1. The third-order valence-electron chi connectivity index (χ3n) is 4.54. The first-order chi connectivity index (χ1) is 8.26. The zero-order valence-corrected chi connectivity index (χ0v) is 11.2. The molecule has 0 spiro atoms. The van der Waals surface area contributed by atoms with E-state index in [9.17, 15) is 4.79 Å². The van der Waals surface area contributed by atoms with E-state index >= 15 is 0 Å². The Balaban J connectivity index is 1.83. The van der Waals surface area contributed by atoms with Crippen molar-refractivity contribution in [3.05, 3.63) is 0 Å². The average molecular weight is 238 g/mol. The highest BCUT2D eigenvalue weighted by atomic mass is 16.2. The van der Waals surface area contributed by atoms with Crippen LogP contribution in [0.3, 0.4) is 0 Å². The van der Waals surface area contributed by atoms with Crippen LogP contribution in [0.2, 0.25) is 0 Å². The van der Waals surface area contributed by atoms with Crippen LogP contribution >= 0.6 is 0 Å². The highest BCUT2D eigenvalue weighted by molar-refractivity contribution is 5.84. The van der Waals surface area contributed by atoms with Gasteiger partial charge in [0.15, 0.2) is 0 Å². The highest BCUT2D eigenvalue weighted by Gasteiger charge is 2.36. The third kappa shape index (κ3) is 2.82. The smallest absolute Gasteiger partial charge is 0.240 e. The molecular formula is C14H26N2O. The van der Waals surface area contributed by atoms with E-state index in [2.05, 4.69) is 17.1 Å². The number of likely N-dealkylation sites (N-methyl/N-ethyl adjacent to an activating group) is 1. The van der Waals surface area contributed by atoms with Gasteiger partial charge in [0.05, 0.1) is 6.04 Å². The first-order valence-electron chi connectivity index (χ1n) is 7.24. The number of hydrogen-bond donors (Lipinski definition) is 1. The lowest BCUT2D eigenvalue weighted by molar-refractivity contribution is -0.132. The van der Waals surface area contributed by atoms with Gasteiger partial charge in [-0.25, -0.2) is 0 Å². The van der Waals surface area contributed by atoms with Gasteiger partial charge in [0, 0.05) is 12.6 Å². The first-order valence-corrected chi connectivity index (χ1v) is 7.24. The van der Waals surface area contributed by atoms with E-state index in [0.717, 1.165) is 18.9 Å². The lowest BCUT2D eigenvalue weighted by Gasteiger charge is -2.34. The monoisotopic (exact) mass is 238 g/mol. The Kier molecular flexibility index (Phi) is 4.43. The largest absolute Gasteiger partial charge is 0.338 e. The molecule has 2 rings (SSSR count). The van der Waals surface area contributed by atoms with E-state index in [1.807, 2.05) is 7.05 Å². The Morgan fingerprint density at radius 2 is 1.94 bits per heavy atom. The van der Waals surface area contributed by atoms with Gasteiger partial charge in [-0.2, -0.15) is 0 Å². The maximum atomic E-state index is 12.1. The molecule has 3 nitrogen and oxygen atoms in total. The minimum atomic E-state index is 0.0864. The maximum Gasteiger partial charge on any atom is 0.240 e. The quantitative estimate of drug-likeness (QED) is 0.814. The lowest BCUT2D eigenvalue weighted by Crippen LogP contribution is -2.43. The number of nitrogens with zero attached hydrogens (tertiary/aromatic N) is 1. The normalized spacial score (nSPS) is 34.4. The zero-order valence-electron chi connectivity index (χ0n) is 11.2. The van der Waals surface area contributed by atoms with Crippen LogP contribution in [0.4, 0.5) is 0 Å². The third-order valence-corrected chi connectivity index (χ3v) is 4.54. The molecule has 1 saturated heterocycles. The fourth-order valence-electron chi connectivity index (χ4n) is 3.49. The molecule has 0 aromatic heterocycles. The van der Waals surface area contributed by atoms with Crippen molar-refractivity contribution < 1.29 is 4.79 Å². The molecule has 2 fully saturated rings. The second-order valence-electron chi connectivity index (χ2n) is 5.62. The molecule has 0 radical (unpaired) electrons. The Labute approximate surface area is 105 Å². The Bertz CT molecular complexity index is 259. The van der Waals surface area contributed by atoms with E-state index in [4.69, 9.17) is 0 Å². The van der Waals surface area contributed by atoms with Crippen LogP contribution in [0.1, 0.15) is 51.9 Å². The van der Waals surface area contributed by atoms with E-state index in [-0.39, 0.29) is 6.04 Å². The predicted octanol–water partition coefficient (Wildman–Crippen LogP) is 2.17. The fraction of sp³-hybridized carbons (Fsp3) is 0.929. The minimum Gasteiger partial charge on any atom is -0.338 e. The summed E-state index contributed by atoms with van der Waals surface area (Å²) in [5, 5.41) is 3.12. The van der Waals surface area contributed by atoms with Crippen molar-refractivity contribution in [3.8, 4) is 0 Å². The van der Waals surface area contributed by atoms with Crippen LogP contribution in [0.5, 0.6) is 0 Å². The van der Waals surface area contributed by atoms with E-state index < -0.39 is 0 Å². The average Bonchev–Trinajstić information content (AvgIpc) is 2.72. The van der Waals surface area contributed by atoms with Gasteiger partial charge < -0.3 is 10.2 Å². The predicted molar refractivity (Wildman–Crippen MR) is 69.8 cm³/mol. The summed E-state index contributed by atoms with van der Waals surface area (Å²) in [7, 11) is 1.89. The van der Waals surface area contributed by atoms with Crippen molar-refractivity contribution >= 4 is 5.91 Å². The summed E-state index contributed by atoms with van der Waals surface area (Å²) in [6.45, 7) is 3.24. The van der Waals surface area contributed by atoms with Crippen molar-refractivity contribution in [1.29, 1.82) is 0 Å². The van der Waals surface area contributed by atoms with Crippen molar-refractivity contribution in [2.45, 2.75) is 64.0 Å². The standard InChI is InChI=1S/C14H26N2O/c1-3-4-11-5-7-12(8-6-11)16-10-9-13(15-2)14(16)17/h11-13,15H,3-10H2,1-2H3. The van der Waals surface area contributed by atoms with Gasteiger partial charge in [0.2, 0.25) is 5.91 Å². The van der Waals surface area contributed by atoms with Gasteiger partial charge >= 0.3 is 0 Å². The molecule has 1 heterocycles. The molecule has 2 aliphatic rings. The summed E-state index contributed by atoms with van der Waals surface area (Å²) in [6.07, 6.45) is 8.78. The van der Waals surface area contributed by atoms with E-state index in [0.29, 0.717) is 11.9 Å². The summed E-state index contributed by atoms with van der Waals surface area (Å²) in [4.78, 5) is 14.2. The van der Waals surface area contributed by atoms with Crippen LogP contribution < -0.4 is 5.32 Å². The number of likely N-dealkylation sites (tertiary alicyclic amines) is 1. The molecule has 98 valence electrons. The van der Waals surface area contributed by atoms with E-state index in [1.165, 1.54) is 38.5 Å². The second kappa shape index (κ2) is 5.85. The molecule has 1 aliphatic heterocycles. The van der Waals surface area contributed by atoms with E-state index in [1.54, 1.807) is 0 Å². The summed E-state index contributed by atoms with van der Waals surface area (Å²) in [5.74, 6) is 1.26.